The third kappa shape index (κ3) is 3.15. The summed E-state index contributed by atoms with van der Waals surface area (Å²) in [6, 6.07) is 4.23. The molecule has 1 rings (SSSR count). The van der Waals surface area contributed by atoms with Gasteiger partial charge in [-0.25, -0.2) is 4.79 Å². The van der Waals surface area contributed by atoms with Crippen molar-refractivity contribution >= 4 is 17.6 Å². The molecule has 0 saturated heterocycles. The van der Waals surface area contributed by atoms with Crippen LogP contribution in [0.25, 0.3) is 0 Å². The number of carboxylic acids is 1. The highest BCUT2D eigenvalue weighted by atomic mass is 16.4. The Kier molecular flexibility index (Phi) is 4.21. The van der Waals surface area contributed by atoms with Crippen molar-refractivity contribution in [2.24, 2.45) is 5.73 Å². The molecule has 0 saturated carbocycles. The van der Waals surface area contributed by atoms with Gasteiger partial charge in [0.25, 0.3) is 0 Å². The zero-order valence-electron chi connectivity index (χ0n) is 12.0. The Morgan fingerprint density at radius 2 is 1.80 bits per heavy atom. The van der Waals surface area contributed by atoms with Gasteiger partial charge in [-0.05, 0) is 39.0 Å². The standard InChI is InChI=1S/C14H20N2O4/c1-8(17)16-9-5-6-10(12(18)19)11(7-9)14(4,20)13(2,3)15/h5-7,20H,15H2,1-4H3,(H,16,17)(H,18,19). The number of anilines is 1. The zero-order valence-corrected chi connectivity index (χ0v) is 12.0. The predicted octanol–water partition coefficient (Wildman–Crippen LogP) is 1.29. The van der Waals surface area contributed by atoms with Crippen molar-refractivity contribution in [1.82, 2.24) is 0 Å². The zero-order chi connectivity index (χ0) is 15.7. The predicted molar refractivity (Wildman–Crippen MR) is 75.5 cm³/mol. The van der Waals surface area contributed by atoms with Crippen molar-refractivity contribution in [3.05, 3.63) is 29.3 Å². The number of rotatable bonds is 4. The van der Waals surface area contributed by atoms with E-state index in [2.05, 4.69) is 5.32 Å². The first-order valence-corrected chi connectivity index (χ1v) is 6.13. The van der Waals surface area contributed by atoms with Gasteiger partial charge < -0.3 is 21.3 Å². The molecular weight excluding hydrogens is 260 g/mol. The van der Waals surface area contributed by atoms with E-state index in [1.54, 1.807) is 13.8 Å². The Morgan fingerprint density at radius 3 is 2.20 bits per heavy atom. The average molecular weight is 280 g/mol. The van der Waals surface area contributed by atoms with Crippen LogP contribution < -0.4 is 11.1 Å². The monoisotopic (exact) mass is 280 g/mol. The number of carbonyl (C=O) groups is 2. The normalized spacial score (nSPS) is 14.5. The number of aromatic carboxylic acids is 1. The number of amides is 1. The molecule has 1 atom stereocenters. The number of carbonyl (C=O) groups excluding carboxylic acids is 1. The number of aliphatic hydroxyl groups is 1. The highest BCUT2D eigenvalue weighted by molar-refractivity contribution is 5.93. The molecule has 110 valence electrons. The van der Waals surface area contributed by atoms with Gasteiger partial charge in [0.15, 0.2) is 0 Å². The molecule has 1 aromatic carbocycles. The van der Waals surface area contributed by atoms with Crippen LogP contribution in [-0.2, 0) is 10.4 Å². The van der Waals surface area contributed by atoms with Crippen LogP contribution in [0.4, 0.5) is 5.69 Å². The van der Waals surface area contributed by atoms with Gasteiger partial charge in [-0.3, -0.25) is 4.79 Å². The maximum Gasteiger partial charge on any atom is 0.336 e. The van der Waals surface area contributed by atoms with E-state index in [1.807, 2.05) is 0 Å². The number of nitrogens with two attached hydrogens (primary N) is 1. The average Bonchev–Trinajstić information content (AvgIpc) is 2.26. The molecule has 0 radical (unpaired) electrons. The van der Waals surface area contributed by atoms with Crippen LogP contribution in [-0.4, -0.2) is 27.6 Å². The number of hydrogen-bond acceptors (Lipinski definition) is 4. The molecule has 0 aromatic heterocycles. The van der Waals surface area contributed by atoms with Crippen molar-refractivity contribution < 1.29 is 19.8 Å². The van der Waals surface area contributed by atoms with Gasteiger partial charge in [-0.1, -0.05) is 0 Å². The first-order valence-electron chi connectivity index (χ1n) is 6.13. The summed E-state index contributed by atoms with van der Waals surface area (Å²) in [6.07, 6.45) is 0. The summed E-state index contributed by atoms with van der Waals surface area (Å²) in [6.45, 7) is 6.00. The van der Waals surface area contributed by atoms with Crippen molar-refractivity contribution in [1.29, 1.82) is 0 Å². The van der Waals surface area contributed by atoms with Gasteiger partial charge in [0.05, 0.1) is 5.56 Å². The van der Waals surface area contributed by atoms with Crippen LogP contribution in [0.5, 0.6) is 0 Å². The van der Waals surface area contributed by atoms with E-state index in [1.165, 1.54) is 32.0 Å². The summed E-state index contributed by atoms with van der Waals surface area (Å²) in [5.41, 5.74) is 3.81. The van der Waals surface area contributed by atoms with Crippen molar-refractivity contribution in [2.75, 3.05) is 5.32 Å². The number of nitrogens with one attached hydrogen (secondary N) is 1. The topological polar surface area (TPSA) is 113 Å². The lowest BCUT2D eigenvalue weighted by Crippen LogP contribution is -2.52. The molecule has 0 fully saturated rings. The summed E-state index contributed by atoms with van der Waals surface area (Å²) in [5, 5.41) is 22.4. The smallest absolute Gasteiger partial charge is 0.336 e. The quantitative estimate of drug-likeness (QED) is 0.663. The lowest BCUT2D eigenvalue weighted by molar-refractivity contribution is -0.114. The van der Waals surface area contributed by atoms with Crippen LogP contribution in [0.15, 0.2) is 18.2 Å². The fraction of sp³-hybridized carbons (Fsp3) is 0.429. The summed E-state index contributed by atoms with van der Waals surface area (Å²) in [7, 11) is 0. The first-order chi connectivity index (χ1) is 8.96. The second-order valence-electron chi connectivity index (χ2n) is 5.54. The van der Waals surface area contributed by atoms with Crippen LogP contribution in [0.2, 0.25) is 0 Å². The van der Waals surface area contributed by atoms with Gasteiger partial charge in [0.2, 0.25) is 5.91 Å². The number of carboxylic acid groups (broad SMARTS) is 1. The summed E-state index contributed by atoms with van der Waals surface area (Å²) in [4.78, 5) is 22.4. The van der Waals surface area contributed by atoms with Gasteiger partial charge in [-0.2, -0.15) is 0 Å². The van der Waals surface area contributed by atoms with Gasteiger partial charge in [0, 0.05) is 23.7 Å². The fourth-order valence-corrected chi connectivity index (χ4v) is 1.76. The molecule has 0 spiro atoms. The summed E-state index contributed by atoms with van der Waals surface area (Å²) in [5.74, 6) is -1.45. The minimum absolute atomic E-state index is 0.0531. The number of benzene rings is 1. The van der Waals surface area contributed by atoms with Crippen molar-refractivity contribution in [3.63, 3.8) is 0 Å². The van der Waals surface area contributed by atoms with E-state index in [0.717, 1.165) is 0 Å². The van der Waals surface area contributed by atoms with E-state index in [0.29, 0.717) is 5.69 Å². The first kappa shape index (κ1) is 16.1. The molecule has 0 aliphatic rings. The lowest BCUT2D eigenvalue weighted by Gasteiger charge is -2.38. The van der Waals surface area contributed by atoms with E-state index >= 15 is 0 Å². The third-order valence-electron chi connectivity index (χ3n) is 3.35. The van der Waals surface area contributed by atoms with Gasteiger partial charge in [-0.15, -0.1) is 0 Å². The fourth-order valence-electron chi connectivity index (χ4n) is 1.76. The Bertz CT molecular complexity index is 545. The van der Waals surface area contributed by atoms with E-state index < -0.39 is 17.1 Å². The molecule has 6 heteroatoms. The maximum absolute atomic E-state index is 11.3. The van der Waals surface area contributed by atoms with Gasteiger partial charge >= 0.3 is 5.97 Å². The van der Waals surface area contributed by atoms with Gasteiger partial charge in [0.1, 0.15) is 5.60 Å². The highest BCUT2D eigenvalue weighted by Gasteiger charge is 2.40. The molecule has 0 bridgehead atoms. The summed E-state index contributed by atoms with van der Waals surface area (Å²) < 4.78 is 0. The Labute approximate surface area is 117 Å². The molecule has 1 aromatic rings. The van der Waals surface area contributed by atoms with Crippen LogP contribution in [0.3, 0.4) is 0 Å². The molecule has 0 heterocycles. The third-order valence-corrected chi connectivity index (χ3v) is 3.35. The minimum atomic E-state index is -1.57. The maximum atomic E-state index is 11.3. The van der Waals surface area contributed by atoms with E-state index in [9.17, 15) is 19.8 Å². The largest absolute Gasteiger partial charge is 0.478 e. The van der Waals surface area contributed by atoms with Crippen LogP contribution in [0.1, 0.15) is 43.6 Å². The van der Waals surface area contributed by atoms with Crippen LogP contribution in [0, 0.1) is 0 Å². The number of hydrogen-bond donors (Lipinski definition) is 4. The molecule has 1 unspecified atom stereocenters. The highest BCUT2D eigenvalue weighted by Crippen LogP contribution is 2.34. The van der Waals surface area contributed by atoms with E-state index in [-0.39, 0.29) is 17.0 Å². The second kappa shape index (κ2) is 5.22. The Morgan fingerprint density at radius 1 is 1.25 bits per heavy atom. The molecule has 5 N–H and O–H groups in total. The van der Waals surface area contributed by atoms with Crippen molar-refractivity contribution in [3.8, 4) is 0 Å². The van der Waals surface area contributed by atoms with Crippen LogP contribution >= 0.6 is 0 Å². The second-order valence-corrected chi connectivity index (χ2v) is 5.54. The summed E-state index contributed by atoms with van der Waals surface area (Å²) >= 11 is 0. The molecular formula is C14H20N2O4. The SMILES string of the molecule is CC(=O)Nc1ccc(C(=O)O)c(C(C)(O)C(C)(C)N)c1. The molecule has 0 aliphatic heterocycles. The van der Waals surface area contributed by atoms with E-state index in [4.69, 9.17) is 5.73 Å². The minimum Gasteiger partial charge on any atom is -0.478 e. The Balaban J connectivity index is 3.47. The molecule has 20 heavy (non-hydrogen) atoms. The molecule has 6 nitrogen and oxygen atoms in total. The molecule has 1 amide bonds. The molecule has 0 aliphatic carbocycles. The lowest BCUT2D eigenvalue weighted by atomic mass is 9.77. The van der Waals surface area contributed by atoms with Crippen molar-refractivity contribution in [2.45, 2.75) is 38.8 Å². The Hall–Kier alpha value is -1.92.